The average molecular weight is 670 g/mol. The molecule has 0 unspecified atom stereocenters. The van der Waals surface area contributed by atoms with Gasteiger partial charge in [-0.25, -0.2) is 9.97 Å². The molecule has 7 aromatic carbocycles. The third kappa shape index (κ3) is 4.32. The normalized spacial score (nSPS) is 11.9. The van der Waals surface area contributed by atoms with Crippen molar-refractivity contribution >= 4 is 75.3 Å². The number of nitrogens with zero attached hydrogens (tertiary/aromatic N) is 3. The topological polar surface area (TPSA) is 43.9 Å². The zero-order valence-corrected chi connectivity index (χ0v) is 28.1. The van der Waals surface area contributed by atoms with E-state index in [0.717, 1.165) is 61.1 Å². The second-order valence-electron chi connectivity index (χ2n) is 12.9. The number of hydrogen-bond acceptors (Lipinski definition) is 4. The quantitative estimate of drug-likeness (QED) is 0.187. The molecule has 238 valence electrons. The van der Waals surface area contributed by atoms with Crippen LogP contribution in [0.15, 0.2) is 168 Å². The predicted octanol–water partition coefficient (Wildman–Crippen LogP) is 12.8. The molecule has 11 rings (SSSR count). The fourth-order valence-electron chi connectivity index (χ4n) is 7.68. The Morgan fingerprint density at radius 3 is 2.04 bits per heavy atom. The molecule has 0 N–H and O–H groups in total. The Balaban J connectivity index is 1.20. The molecule has 5 heteroatoms. The highest BCUT2D eigenvalue weighted by Gasteiger charge is 2.21. The van der Waals surface area contributed by atoms with E-state index in [-0.39, 0.29) is 0 Å². The van der Waals surface area contributed by atoms with E-state index in [0.29, 0.717) is 5.95 Å². The Bertz CT molecular complexity index is 3130. The van der Waals surface area contributed by atoms with Gasteiger partial charge in [0.25, 0.3) is 0 Å². The second kappa shape index (κ2) is 11.0. The maximum absolute atomic E-state index is 6.53. The van der Waals surface area contributed by atoms with Crippen molar-refractivity contribution in [1.29, 1.82) is 0 Å². The molecule has 0 amide bonds. The molecule has 0 fully saturated rings. The molecule has 51 heavy (non-hydrogen) atoms. The standard InChI is InChI=1S/C46H27N3OS/c1-2-11-28(12-3-1)29-21-23-30(24-22-29)37-27-38(35-17-10-16-33-31-13-5-8-19-41(31)50-44(33)35)48-46(47-37)49-39-18-7-4-15-36(39)43-40(49)26-25-34-32-14-6-9-20-42(32)51-45(34)43/h1-27H. The summed E-state index contributed by atoms with van der Waals surface area (Å²) in [6, 6.07) is 57.6. The molecule has 11 aromatic rings. The highest BCUT2D eigenvalue weighted by molar-refractivity contribution is 7.26. The molecule has 4 heterocycles. The number of aromatic nitrogens is 3. The van der Waals surface area contributed by atoms with E-state index in [1.165, 1.54) is 36.5 Å². The van der Waals surface area contributed by atoms with Gasteiger partial charge in [-0.2, -0.15) is 0 Å². The van der Waals surface area contributed by atoms with Gasteiger partial charge >= 0.3 is 0 Å². The summed E-state index contributed by atoms with van der Waals surface area (Å²) in [4.78, 5) is 10.7. The molecule has 4 nitrogen and oxygen atoms in total. The lowest BCUT2D eigenvalue weighted by molar-refractivity contribution is 0.670. The summed E-state index contributed by atoms with van der Waals surface area (Å²) in [6.45, 7) is 0. The van der Waals surface area contributed by atoms with Crippen LogP contribution in [-0.2, 0) is 0 Å². The molecule has 4 aromatic heterocycles. The summed E-state index contributed by atoms with van der Waals surface area (Å²) in [5.41, 5.74) is 9.78. The van der Waals surface area contributed by atoms with E-state index >= 15 is 0 Å². The maximum atomic E-state index is 6.53. The van der Waals surface area contributed by atoms with Crippen molar-refractivity contribution in [2.75, 3.05) is 0 Å². The first-order valence-corrected chi connectivity index (χ1v) is 17.9. The lowest BCUT2D eigenvalue weighted by Crippen LogP contribution is -2.04. The van der Waals surface area contributed by atoms with Gasteiger partial charge in [-0.15, -0.1) is 11.3 Å². The van der Waals surface area contributed by atoms with Crippen LogP contribution in [0, 0.1) is 0 Å². The highest BCUT2D eigenvalue weighted by atomic mass is 32.1. The van der Waals surface area contributed by atoms with Gasteiger partial charge in [0.2, 0.25) is 5.95 Å². The van der Waals surface area contributed by atoms with Crippen LogP contribution in [0.2, 0.25) is 0 Å². The number of para-hydroxylation sites is 3. The third-order valence-electron chi connectivity index (χ3n) is 10.1. The highest BCUT2D eigenvalue weighted by Crippen LogP contribution is 2.43. The first-order chi connectivity index (χ1) is 25.3. The number of fused-ring (bicyclic) bond motifs is 10. The van der Waals surface area contributed by atoms with Crippen molar-refractivity contribution < 1.29 is 4.42 Å². The van der Waals surface area contributed by atoms with Gasteiger partial charge in [0.15, 0.2) is 0 Å². The number of hydrogen-bond donors (Lipinski definition) is 0. The summed E-state index contributed by atoms with van der Waals surface area (Å²) in [5, 5.41) is 7.14. The minimum atomic E-state index is 0.620. The molecule has 0 spiro atoms. The van der Waals surface area contributed by atoms with Gasteiger partial charge in [0.1, 0.15) is 11.2 Å². The second-order valence-corrected chi connectivity index (χ2v) is 14.0. The van der Waals surface area contributed by atoms with Crippen molar-refractivity contribution in [1.82, 2.24) is 14.5 Å². The smallest absolute Gasteiger partial charge is 0.235 e. The van der Waals surface area contributed by atoms with Crippen molar-refractivity contribution in [3.8, 4) is 39.6 Å². The van der Waals surface area contributed by atoms with E-state index in [9.17, 15) is 0 Å². The Labute approximate surface area is 296 Å². The van der Waals surface area contributed by atoms with E-state index in [2.05, 4.69) is 150 Å². The van der Waals surface area contributed by atoms with Crippen molar-refractivity contribution in [2.45, 2.75) is 0 Å². The van der Waals surface area contributed by atoms with Crippen LogP contribution < -0.4 is 0 Å². The van der Waals surface area contributed by atoms with Gasteiger partial charge in [0.05, 0.1) is 22.4 Å². The molecular weight excluding hydrogens is 643 g/mol. The first-order valence-electron chi connectivity index (χ1n) is 17.1. The fraction of sp³-hybridized carbons (Fsp3) is 0. The first kappa shape index (κ1) is 28.3. The Kier molecular flexibility index (Phi) is 6.09. The molecule has 0 saturated carbocycles. The minimum absolute atomic E-state index is 0.620. The minimum Gasteiger partial charge on any atom is -0.455 e. The van der Waals surface area contributed by atoms with Crippen LogP contribution in [-0.4, -0.2) is 14.5 Å². The average Bonchev–Trinajstić information content (AvgIpc) is 3.88. The summed E-state index contributed by atoms with van der Waals surface area (Å²) in [7, 11) is 0. The van der Waals surface area contributed by atoms with Crippen molar-refractivity contribution in [3.05, 3.63) is 164 Å². The largest absolute Gasteiger partial charge is 0.455 e. The molecule has 0 radical (unpaired) electrons. The zero-order valence-electron chi connectivity index (χ0n) is 27.2. The monoisotopic (exact) mass is 669 g/mol. The lowest BCUT2D eigenvalue weighted by atomic mass is 10.0. The van der Waals surface area contributed by atoms with Crippen LogP contribution in [0.5, 0.6) is 0 Å². The molecule has 0 aliphatic carbocycles. The molecule has 0 atom stereocenters. The van der Waals surface area contributed by atoms with Crippen LogP contribution in [0.25, 0.3) is 104 Å². The molecule has 0 aliphatic rings. The summed E-state index contributed by atoms with van der Waals surface area (Å²) in [6.07, 6.45) is 0. The number of furan rings is 1. The van der Waals surface area contributed by atoms with Crippen molar-refractivity contribution in [3.63, 3.8) is 0 Å². The molecule has 0 aliphatic heterocycles. The maximum Gasteiger partial charge on any atom is 0.235 e. The van der Waals surface area contributed by atoms with Crippen LogP contribution >= 0.6 is 11.3 Å². The number of rotatable bonds is 4. The van der Waals surface area contributed by atoms with E-state index in [4.69, 9.17) is 14.4 Å². The van der Waals surface area contributed by atoms with E-state index < -0.39 is 0 Å². The van der Waals surface area contributed by atoms with Gasteiger partial charge in [-0.3, -0.25) is 4.57 Å². The number of benzene rings is 7. The molecule has 0 bridgehead atoms. The van der Waals surface area contributed by atoms with Gasteiger partial charge < -0.3 is 4.42 Å². The van der Waals surface area contributed by atoms with E-state index in [1.54, 1.807) is 0 Å². The van der Waals surface area contributed by atoms with E-state index in [1.807, 2.05) is 29.5 Å². The molecule has 0 saturated heterocycles. The molecular formula is C46H27N3OS. The fourth-order valence-corrected chi connectivity index (χ4v) is 8.94. The summed E-state index contributed by atoms with van der Waals surface area (Å²) in [5.74, 6) is 0.620. The third-order valence-corrected chi connectivity index (χ3v) is 11.3. The Morgan fingerprint density at radius 2 is 1.16 bits per heavy atom. The number of thiophene rings is 1. The van der Waals surface area contributed by atoms with Crippen LogP contribution in [0.3, 0.4) is 0 Å². The summed E-state index contributed by atoms with van der Waals surface area (Å²) < 4.78 is 11.3. The van der Waals surface area contributed by atoms with Crippen LogP contribution in [0.1, 0.15) is 0 Å². The summed E-state index contributed by atoms with van der Waals surface area (Å²) >= 11 is 1.85. The lowest BCUT2D eigenvalue weighted by Gasteiger charge is -2.12. The van der Waals surface area contributed by atoms with Gasteiger partial charge in [-0.05, 0) is 47.5 Å². The zero-order chi connectivity index (χ0) is 33.5. The SMILES string of the molecule is c1ccc(-c2ccc(-c3cc(-c4cccc5c4oc4ccccc45)nc(-n4c5ccccc5c5c6sc7ccccc7c6ccc54)n3)cc2)cc1. The van der Waals surface area contributed by atoms with Gasteiger partial charge in [0, 0.05) is 52.8 Å². The van der Waals surface area contributed by atoms with Gasteiger partial charge in [-0.1, -0.05) is 127 Å². The van der Waals surface area contributed by atoms with Crippen molar-refractivity contribution in [2.24, 2.45) is 0 Å². The Morgan fingerprint density at radius 1 is 0.471 bits per heavy atom. The van der Waals surface area contributed by atoms with Crippen LogP contribution in [0.4, 0.5) is 0 Å². The Hall–Kier alpha value is -6.56. The predicted molar refractivity (Wildman–Crippen MR) is 213 cm³/mol.